The molecule has 1 aliphatic carbocycles. The van der Waals surface area contributed by atoms with Gasteiger partial charge in [-0.1, -0.05) is 43.2 Å². The van der Waals surface area contributed by atoms with Crippen LogP contribution in [-0.2, 0) is 11.2 Å². The monoisotopic (exact) mass is 411 g/mol. The van der Waals surface area contributed by atoms with E-state index < -0.39 is 6.61 Å². The van der Waals surface area contributed by atoms with Crippen LogP contribution < -0.4 is 10.1 Å². The number of amides is 1. The molecule has 0 aliphatic heterocycles. The number of thioether (sulfide) groups is 1. The lowest BCUT2D eigenvalue weighted by atomic mass is 9.89. The molecule has 9 heteroatoms. The van der Waals surface area contributed by atoms with Gasteiger partial charge in [0, 0.05) is 12.5 Å². The molecule has 0 saturated heterocycles. The van der Waals surface area contributed by atoms with Crippen molar-refractivity contribution < 1.29 is 22.7 Å². The number of hydrogen-bond acceptors (Lipinski definition) is 6. The van der Waals surface area contributed by atoms with Gasteiger partial charge in [-0.3, -0.25) is 4.79 Å². The minimum atomic E-state index is -2.83. The molecule has 1 aliphatic rings. The third-order valence-corrected chi connectivity index (χ3v) is 5.41. The third-order valence-electron chi connectivity index (χ3n) is 4.59. The molecule has 0 radical (unpaired) electrons. The molecular weight excluding hydrogens is 388 g/mol. The van der Waals surface area contributed by atoms with Crippen LogP contribution in [0.1, 0.15) is 49.5 Å². The van der Waals surface area contributed by atoms with Crippen molar-refractivity contribution in [1.82, 2.24) is 15.5 Å². The van der Waals surface area contributed by atoms with Crippen LogP contribution in [-0.4, -0.2) is 35.0 Å². The Bertz CT molecular complexity index is 749. The van der Waals surface area contributed by atoms with E-state index in [0.717, 1.165) is 18.4 Å². The fourth-order valence-electron chi connectivity index (χ4n) is 3.16. The lowest BCUT2D eigenvalue weighted by Crippen LogP contribution is -2.27. The van der Waals surface area contributed by atoms with Crippen molar-refractivity contribution in [1.29, 1.82) is 0 Å². The number of carbonyl (C=O) groups excluding carboxylic acids is 1. The Morgan fingerprint density at radius 3 is 2.68 bits per heavy atom. The minimum Gasteiger partial charge on any atom is -0.435 e. The number of alkyl halides is 2. The molecule has 0 atom stereocenters. The van der Waals surface area contributed by atoms with Crippen molar-refractivity contribution in [2.45, 2.75) is 56.3 Å². The highest BCUT2D eigenvalue weighted by Crippen LogP contribution is 2.32. The Morgan fingerprint density at radius 1 is 1.21 bits per heavy atom. The lowest BCUT2D eigenvalue weighted by molar-refractivity contribution is -0.118. The third kappa shape index (κ3) is 6.47. The van der Waals surface area contributed by atoms with E-state index >= 15 is 0 Å². The Hall–Kier alpha value is -2.16. The number of aromatic nitrogens is 2. The first kappa shape index (κ1) is 20.6. The SMILES string of the molecule is O=C(CSc1nnc(C2CCCCC2)o1)NCCc1ccc(OC(F)F)cc1. The normalized spacial score (nSPS) is 15.0. The molecule has 1 saturated carbocycles. The number of hydrogen-bond donors (Lipinski definition) is 1. The molecule has 3 rings (SSSR count). The summed E-state index contributed by atoms with van der Waals surface area (Å²) in [5.41, 5.74) is 0.920. The predicted octanol–water partition coefficient (Wildman–Crippen LogP) is 4.17. The second-order valence-corrected chi connectivity index (χ2v) is 7.58. The number of halogens is 2. The first-order valence-corrected chi connectivity index (χ1v) is 10.4. The Balaban J connectivity index is 1.35. The van der Waals surface area contributed by atoms with Crippen LogP contribution in [0.2, 0.25) is 0 Å². The van der Waals surface area contributed by atoms with E-state index in [1.807, 2.05) is 0 Å². The molecule has 0 unspecified atom stereocenters. The van der Waals surface area contributed by atoms with Crippen LogP contribution in [0.25, 0.3) is 0 Å². The van der Waals surface area contributed by atoms with Gasteiger partial charge < -0.3 is 14.5 Å². The van der Waals surface area contributed by atoms with Gasteiger partial charge in [-0.05, 0) is 37.0 Å². The summed E-state index contributed by atoms with van der Waals surface area (Å²) >= 11 is 1.23. The van der Waals surface area contributed by atoms with Crippen molar-refractivity contribution in [3.63, 3.8) is 0 Å². The molecule has 1 heterocycles. The van der Waals surface area contributed by atoms with Gasteiger partial charge in [0.15, 0.2) is 0 Å². The second kappa shape index (κ2) is 10.4. The average Bonchev–Trinajstić information content (AvgIpc) is 3.17. The minimum absolute atomic E-state index is 0.117. The van der Waals surface area contributed by atoms with Crippen molar-refractivity contribution in [3.05, 3.63) is 35.7 Å². The summed E-state index contributed by atoms with van der Waals surface area (Å²) in [5, 5.41) is 11.4. The maximum Gasteiger partial charge on any atom is 0.387 e. The molecule has 6 nitrogen and oxygen atoms in total. The highest BCUT2D eigenvalue weighted by Gasteiger charge is 2.21. The predicted molar refractivity (Wildman–Crippen MR) is 101 cm³/mol. The lowest BCUT2D eigenvalue weighted by Gasteiger charge is -2.17. The number of benzene rings is 1. The van der Waals surface area contributed by atoms with Crippen molar-refractivity contribution >= 4 is 17.7 Å². The summed E-state index contributed by atoms with van der Waals surface area (Å²) < 4.78 is 34.2. The molecule has 152 valence electrons. The van der Waals surface area contributed by atoms with E-state index in [4.69, 9.17) is 4.42 Å². The fraction of sp³-hybridized carbons (Fsp3) is 0.526. The van der Waals surface area contributed by atoms with Crippen LogP contribution >= 0.6 is 11.8 Å². The molecule has 1 fully saturated rings. The molecule has 1 amide bonds. The molecule has 1 N–H and O–H groups in total. The van der Waals surface area contributed by atoms with E-state index in [2.05, 4.69) is 20.3 Å². The van der Waals surface area contributed by atoms with Crippen LogP contribution in [0.5, 0.6) is 5.75 Å². The summed E-state index contributed by atoms with van der Waals surface area (Å²) in [6.07, 6.45) is 6.42. The molecule has 1 aromatic heterocycles. The highest BCUT2D eigenvalue weighted by molar-refractivity contribution is 7.99. The Kier molecular flexibility index (Phi) is 7.64. The maximum absolute atomic E-state index is 12.1. The second-order valence-electron chi connectivity index (χ2n) is 6.65. The summed E-state index contributed by atoms with van der Waals surface area (Å²) in [6, 6.07) is 6.37. The van der Waals surface area contributed by atoms with E-state index in [-0.39, 0.29) is 17.4 Å². The maximum atomic E-state index is 12.1. The number of ether oxygens (including phenoxy) is 1. The van der Waals surface area contributed by atoms with Gasteiger partial charge in [-0.25, -0.2) is 0 Å². The highest BCUT2D eigenvalue weighted by atomic mass is 32.2. The largest absolute Gasteiger partial charge is 0.435 e. The van der Waals surface area contributed by atoms with Crippen LogP contribution in [0, 0.1) is 0 Å². The Labute approximate surface area is 166 Å². The van der Waals surface area contributed by atoms with Crippen LogP contribution in [0.4, 0.5) is 8.78 Å². The number of nitrogens with one attached hydrogen (secondary N) is 1. The quantitative estimate of drug-likeness (QED) is 0.624. The Morgan fingerprint density at radius 2 is 1.96 bits per heavy atom. The van der Waals surface area contributed by atoms with E-state index in [1.165, 1.54) is 43.2 Å². The van der Waals surface area contributed by atoms with Gasteiger partial charge in [-0.2, -0.15) is 8.78 Å². The molecular formula is C19H23F2N3O3S. The van der Waals surface area contributed by atoms with Gasteiger partial charge in [0.1, 0.15) is 5.75 Å². The molecule has 2 aromatic rings. The zero-order chi connectivity index (χ0) is 19.8. The van der Waals surface area contributed by atoms with Crippen molar-refractivity contribution in [2.75, 3.05) is 12.3 Å². The number of carbonyl (C=O) groups is 1. The van der Waals surface area contributed by atoms with Crippen LogP contribution in [0.15, 0.2) is 33.9 Å². The van der Waals surface area contributed by atoms with Gasteiger partial charge in [0.25, 0.3) is 5.22 Å². The van der Waals surface area contributed by atoms with Gasteiger partial charge >= 0.3 is 6.61 Å². The first-order valence-electron chi connectivity index (χ1n) is 9.37. The average molecular weight is 411 g/mol. The van der Waals surface area contributed by atoms with E-state index in [9.17, 15) is 13.6 Å². The van der Waals surface area contributed by atoms with Gasteiger partial charge in [-0.15, -0.1) is 10.2 Å². The smallest absolute Gasteiger partial charge is 0.387 e. The zero-order valence-corrected chi connectivity index (χ0v) is 16.2. The first-order chi connectivity index (χ1) is 13.6. The van der Waals surface area contributed by atoms with Crippen molar-refractivity contribution in [2.24, 2.45) is 0 Å². The standard InChI is InChI=1S/C19H23F2N3O3S/c20-18(21)26-15-8-6-13(7-9-15)10-11-22-16(25)12-28-19-24-23-17(27-19)14-4-2-1-3-5-14/h6-9,14,18H,1-5,10-12H2,(H,22,25). The molecule has 1 aromatic carbocycles. The summed E-state index contributed by atoms with van der Waals surface area (Å²) in [4.78, 5) is 12.0. The molecule has 0 bridgehead atoms. The van der Waals surface area contributed by atoms with Gasteiger partial charge in [0.05, 0.1) is 5.75 Å². The number of rotatable bonds is 9. The van der Waals surface area contributed by atoms with Crippen LogP contribution in [0.3, 0.4) is 0 Å². The van der Waals surface area contributed by atoms with E-state index in [0.29, 0.717) is 30.0 Å². The molecule has 28 heavy (non-hydrogen) atoms. The summed E-state index contributed by atoms with van der Waals surface area (Å²) in [6.45, 7) is -2.38. The zero-order valence-electron chi connectivity index (χ0n) is 15.4. The molecule has 0 spiro atoms. The summed E-state index contributed by atoms with van der Waals surface area (Å²) in [7, 11) is 0. The van der Waals surface area contributed by atoms with E-state index in [1.54, 1.807) is 12.1 Å². The van der Waals surface area contributed by atoms with Gasteiger partial charge in [0.2, 0.25) is 11.8 Å². The fourth-order valence-corrected chi connectivity index (χ4v) is 3.75. The summed E-state index contributed by atoms with van der Waals surface area (Å²) in [5.74, 6) is 1.23. The van der Waals surface area contributed by atoms with Crippen molar-refractivity contribution in [3.8, 4) is 5.75 Å². The topological polar surface area (TPSA) is 77.2 Å². The number of nitrogens with zero attached hydrogens (tertiary/aromatic N) is 2.